The van der Waals surface area contributed by atoms with E-state index >= 15 is 0 Å². The number of aliphatic hydroxyl groups excluding tert-OH is 1. The van der Waals surface area contributed by atoms with Gasteiger partial charge in [-0.25, -0.2) is 12.8 Å². The Bertz CT molecular complexity index is 881. The van der Waals surface area contributed by atoms with Gasteiger partial charge in [-0.3, -0.25) is 4.31 Å². The van der Waals surface area contributed by atoms with Crippen molar-refractivity contribution in [3.8, 4) is 6.07 Å². The highest BCUT2D eigenvalue weighted by atomic mass is 32.2. The van der Waals surface area contributed by atoms with Gasteiger partial charge in [0, 0.05) is 29.9 Å². The highest BCUT2D eigenvalue weighted by Gasteiger charge is 2.71. The molecule has 134 valence electrons. The van der Waals surface area contributed by atoms with Crippen LogP contribution < -0.4 is 4.31 Å². The molecule has 3 N–H and O–H groups in total. The van der Waals surface area contributed by atoms with Crippen molar-refractivity contribution in [2.24, 2.45) is 17.8 Å². The number of nitriles is 1. The Morgan fingerprint density at radius 2 is 2.08 bits per heavy atom. The van der Waals surface area contributed by atoms with Crippen LogP contribution in [0.25, 0.3) is 0 Å². The predicted octanol–water partition coefficient (Wildman–Crippen LogP) is -0.146. The van der Waals surface area contributed by atoms with Crippen molar-refractivity contribution in [1.82, 2.24) is 0 Å². The summed E-state index contributed by atoms with van der Waals surface area (Å²) in [6.45, 7) is -0.848. The second-order valence-corrected chi connectivity index (χ2v) is 9.04. The molecule has 1 aromatic rings. The van der Waals surface area contributed by atoms with Crippen molar-refractivity contribution in [2.45, 2.75) is 30.2 Å². The predicted molar refractivity (Wildman–Crippen MR) is 84.3 cm³/mol. The normalized spacial score (nSPS) is 37.1. The Morgan fingerprint density at radius 3 is 2.72 bits per heavy atom. The van der Waals surface area contributed by atoms with Crippen LogP contribution in [-0.4, -0.2) is 47.4 Å². The summed E-state index contributed by atoms with van der Waals surface area (Å²) in [5.74, 6) is -4.26. The number of rotatable bonds is 2. The second-order valence-electron chi connectivity index (χ2n) is 7.03. The maximum absolute atomic E-state index is 13.1. The van der Waals surface area contributed by atoms with E-state index in [1.54, 1.807) is 0 Å². The lowest BCUT2D eigenvalue weighted by Crippen LogP contribution is -2.54. The van der Waals surface area contributed by atoms with E-state index in [9.17, 15) is 28.1 Å². The fraction of sp³-hybridized carbons (Fsp3) is 0.562. The van der Waals surface area contributed by atoms with Crippen LogP contribution in [0, 0.1) is 29.1 Å². The first-order chi connectivity index (χ1) is 11.7. The zero-order valence-corrected chi connectivity index (χ0v) is 13.9. The summed E-state index contributed by atoms with van der Waals surface area (Å²) < 4.78 is 40.2. The molecule has 9 heteroatoms. The van der Waals surface area contributed by atoms with E-state index < -0.39 is 51.6 Å². The van der Waals surface area contributed by atoms with E-state index in [-0.39, 0.29) is 29.8 Å². The van der Waals surface area contributed by atoms with Gasteiger partial charge in [0.2, 0.25) is 10.0 Å². The molecule has 1 aliphatic heterocycles. The van der Waals surface area contributed by atoms with Crippen molar-refractivity contribution in [3.05, 3.63) is 29.3 Å². The molecule has 1 saturated heterocycles. The number of sulfonamides is 1. The first-order valence-corrected chi connectivity index (χ1v) is 9.47. The summed E-state index contributed by atoms with van der Waals surface area (Å²) in [6, 6.07) is 6.01. The molecule has 0 aromatic heterocycles. The number of nitrogens with zero attached hydrogens (tertiary/aromatic N) is 2. The van der Waals surface area contributed by atoms with Gasteiger partial charge in [-0.2, -0.15) is 5.26 Å². The third-order valence-electron chi connectivity index (χ3n) is 5.94. The van der Waals surface area contributed by atoms with Gasteiger partial charge in [0.05, 0.1) is 22.6 Å². The van der Waals surface area contributed by atoms with Gasteiger partial charge in [-0.05, 0) is 24.6 Å². The van der Waals surface area contributed by atoms with Crippen molar-refractivity contribution >= 4 is 15.7 Å². The lowest BCUT2D eigenvalue weighted by atomic mass is 9.82. The van der Waals surface area contributed by atoms with Gasteiger partial charge in [-0.15, -0.1) is 0 Å². The Morgan fingerprint density at radius 1 is 1.36 bits per heavy atom. The standard InChI is InChI=1S/C16H17FN2O5S/c17-5-9-3-10(2-1-8(9)6-18)19-7-12-13-4-11(14(12)25(19,23)24)15(20)16(13,21)22/h1-3,11-15,20-22H,4-5,7H2/t11-,12+,13+,14-,15+/m1/s1. The third kappa shape index (κ3) is 2.02. The smallest absolute Gasteiger partial charge is 0.238 e. The van der Waals surface area contributed by atoms with Crippen LogP contribution in [0.5, 0.6) is 0 Å². The largest absolute Gasteiger partial charge is 0.387 e. The quantitative estimate of drug-likeness (QED) is 0.625. The minimum Gasteiger partial charge on any atom is -0.387 e. The molecule has 25 heavy (non-hydrogen) atoms. The van der Waals surface area contributed by atoms with Crippen molar-refractivity contribution in [2.75, 3.05) is 10.8 Å². The SMILES string of the molecule is N#Cc1ccc(N2C[C@@H]3[C@@H]([C@H]4C[C@@H]3C(O)(O)[C@H]4O)S2(=O)=O)cc1CF. The maximum Gasteiger partial charge on any atom is 0.238 e. The Hall–Kier alpha value is -1.73. The van der Waals surface area contributed by atoms with Gasteiger partial charge >= 0.3 is 0 Å². The van der Waals surface area contributed by atoms with Gasteiger partial charge in [0.1, 0.15) is 12.8 Å². The number of alkyl halides is 1. The molecular weight excluding hydrogens is 351 g/mol. The Kier molecular flexibility index (Phi) is 3.44. The Labute approximate surface area is 144 Å². The number of aliphatic hydroxyl groups is 3. The number of halogens is 1. The van der Waals surface area contributed by atoms with Crippen molar-refractivity contribution < 1.29 is 28.1 Å². The van der Waals surface area contributed by atoms with Crippen molar-refractivity contribution in [3.63, 3.8) is 0 Å². The summed E-state index contributed by atoms with van der Waals surface area (Å²) in [5, 5.41) is 38.3. The van der Waals surface area contributed by atoms with Gasteiger partial charge in [0.25, 0.3) is 0 Å². The van der Waals surface area contributed by atoms with Crippen LogP contribution in [0.1, 0.15) is 17.5 Å². The lowest BCUT2D eigenvalue weighted by molar-refractivity contribution is -0.256. The zero-order chi connectivity index (χ0) is 18.1. The fourth-order valence-electron chi connectivity index (χ4n) is 4.80. The monoisotopic (exact) mass is 368 g/mol. The van der Waals surface area contributed by atoms with Crippen LogP contribution in [0.15, 0.2) is 18.2 Å². The lowest BCUT2D eigenvalue weighted by Gasteiger charge is -2.36. The molecule has 1 heterocycles. The molecule has 0 spiro atoms. The molecule has 0 amide bonds. The molecule has 4 rings (SSSR count). The fourth-order valence-corrected chi connectivity index (χ4v) is 7.30. The molecule has 2 saturated carbocycles. The van der Waals surface area contributed by atoms with Gasteiger partial charge in [0.15, 0.2) is 5.79 Å². The maximum atomic E-state index is 13.1. The minimum atomic E-state index is -3.83. The summed E-state index contributed by atoms with van der Waals surface area (Å²) in [6.07, 6.45) is -1.25. The van der Waals surface area contributed by atoms with Crippen LogP contribution in [0.3, 0.4) is 0 Å². The van der Waals surface area contributed by atoms with E-state index in [1.807, 2.05) is 6.07 Å². The molecular formula is C16H17FN2O5S. The highest BCUT2D eigenvalue weighted by molar-refractivity contribution is 7.93. The topological polar surface area (TPSA) is 122 Å². The van der Waals surface area contributed by atoms with E-state index in [4.69, 9.17) is 5.26 Å². The van der Waals surface area contributed by atoms with Crippen LogP contribution in [-0.2, 0) is 16.7 Å². The molecule has 0 unspecified atom stereocenters. The molecule has 0 radical (unpaired) electrons. The third-order valence-corrected chi connectivity index (χ3v) is 8.30. The molecule has 7 nitrogen and oxygen atoms in total. The Balaban J connectivity index is 1.75. The summed E-state index contributed by atoms with van der Waals surface area (Å²) >= 11 is 0. The number of fused-ring (bicyclic) bond motifs is 5. The molecule has 2 bridgehead atoms. The number of anilines is 1. The van der Waals surface area contributed by atoms with Gasteiger partial charge in [-0.1, -0.05) is 0 Å². The first kappa shape index (κ1) is 16.7. The first-order valence-electron chi connectivity index (χ1n) is 7.96. The summed E-state index contributed by atoms with van der Waals surface area (Å²) in [5.41, 5.74) is 0.494. The molecule has 5 atom stereocenters. The number of hydrogen-bond acceptors (Lipinski definition) is 6. The number of hydrogen-bond donors (Lipinski definition) is 3. The van der Waals surface area contributed by atoms with E-state index in [1.165, 1.54) is 18.2 Å². The number of benzene rings is 1. The molecule has 3 fully saturated rings. The molecule has 1 aromatic carbocycles. The van der Waals surface area contributed by atoms with Crippen LogP contribution >= 0.6 is 0 Å². The van der Waals surface area contributed by atoms with Gasteiger partial charge < -0.3 is 15.3 Å². The van der Waals surface area contributed by atoms with E-state index in [0.717, 1.165) is 4.31 Å². The molecule has 3 aliphatic rings. The summed E-state index contributed by atoms with van der Waals surface area (Å²) in [7, 11) is -3.83. The average Bonchev–Trinajstić information content (AvgIpc) is 3.16. The van der Waals surface area contributed by atoms with Crippen molar-refractivity contribution in [1.29, 1.82) is 5.26 Å². The minimum absolute atomic E-state index is 0.0430. The van der Waals surface area contributed by atoms with Crippen LogP contribution in [0.2, 0.25) is 0 Å². The molecule has 2 aliphatic carbocycles. The zero-order valence-electron chi connectivity index (χ0n) is 13.1. The van der Waals surface area contributed by atoms with Crippen LogP contribution in [0.4, 0.5) is 10.1 Å². The average molecular weight is 368 g/mol. The second kappa shape index (κ2) is 5.14. The highest BCUT2D eigenvalue weighted by Crippen LogP contribution is 2.58. The van der Waals surface area contributed by atoms with E-state index in [0.29, 0.717) is 0 Å². The van der Waals surface area contributed by atoms with E-state index in [2.05, 4.69) is 0 Å². The summed E-state index contributed by atoms with van der Waals surface area (Å²) in [4.78, 5) is 0.